The number of benzene rings is 1. The molecule has 0 aliphatic carbocycles. The number of nitrogens with one attached hydrogen (secondary N) is 1. The van der Waals surface area contributed by atoms with Gasteiger partial charge in [-0.2, -0.15) is 0 Å². The molecular formula is C13H21NOS. The Morgan fingerprint density at radius 2 is 2.12 bits per heavy atom. The molecular weight excluding hydrogens is 218 g/mol. The summed E-state index contributed by atoms with van der Waals surface area (Å²) in [6.07, 6.45) is 2.07. The lowest BCUT2D eigenvalue weighted by molar-refractivity contribution is 0.404. The summed E-state index contributed by atoms with van der Waals surface area (Å²) in [6.45, 7) is 6.42. The Hall–Kier alpha value is -0.670. The third-order valence-corrected chi connectivity index (χ3v) is 3.09. The molecule has 1 rings (SSSR count). The molecule has 0 amide bonds. The fourth-order valence-corrected chi connectivity index (χ4v) is 2.12. The van der Waals surface area contributed by atoms with Crippen molar-refractivity contribution < 1.29 is 4.74 Å². The second-order valence-electron chi connectivity index (χ2n) is 4.21. The number of thioether (sulfide) groups is 1. The first kappa shape index (κ1) is 13.4. The van der Waals surface area contributed by atoms with Crippen LogP contribution in [0.3, 0.4) is 0 Å². The molecule has 90 valence electrons. The van der Waals surface area contributed by atoms with Gasteiger partial charge in [0.25, 0.3) is 0 Å². The molecule has 0 aliphatic rings. The lowest BCUT2D eigenvalue weighted by Crippen LogP contribution is -2.18. The van der Waals surface area contributed by atoms with Crippen molar-refractivity contribution in [3.63, 3.8) is 0 Å². The molecule has 0 atom stereocenters. The van der Waals surface area contributed by atoms with Crippen LogP contribution in [0.2, 0.25) is 0 Å². The monoisotopic (exact) mass is 239 g/mol. The van der Waals surface area contributed by atoms with Crippen LogP contribution in [0.25, 0.3) is 0 Å². The van der Waals surface area contributed by atoms with Crippen molar-refractivity contribution >= 4 is 11.8 Å². The Morgan fingerprint density at radius 1 is 1.38 bits per heavy atom. The smallest absolute Gasteiger partial charge is 0.132 e. The summed E-state index contributed by atoms with van der Waals surface area (Å²) >= 11 is 1.72. The zero-order chi connectivity index (χ0) is 12.0. The van der Waals surface area contributed by atoms with Gasteiger partial charge in [0.1, 0.15) is 5.75 Å². The van der Waals surface area contributed by atoms with E-state index in [-0.39, 0.29) is 0 Å². The molecule has 0 heterocycles. The molecule has 3 heteroatoms. The summed E-state index contributed by atoms with van der Waals surface area (Å²) in [7, 11) is 1.71. The van der Waals surface area contributed by atoms with Crippen molar-refractivity contribution in [3.05, 3.63) is 23.8 Å². The Balaban J connectivity index is 2.60. The maximum Gasteiger partial charge on any atom is 0.132 e. The minimum atomic E-state index is 0.693. The molecule has 0 saturated carbocycles. The first-order valence-corrected chi connectivity index (χ1v) is 6.81. The molecule has 0 spiro atoms. The third kappa shape index (κ3) is 4.06. The van der Waals surface area contributed by atoms with Gasteiger partial charge < -0.3 is 10.1 Å². The van der Waals surface area contributed by atoms with Gasteiger partial charge in [-0.05, 0) is 36.4 Å². The summed E-state index contributed by atoms with van der Waals surface area (Å²) in [5, 5.41) is 3.44. The normalized spacial score (nSPS) is 10.8. The van der Waals surface area contributed by atoms with E-state index in [1.165, 1.54) is 10.5 Å². The van der Waals surface area contributed by atoms with E-state index >= 15 is 0 Å². The van der Waals surface area contributed by atoms with Crippen LogP contribution in [0.4, 0.5) is 0 Å². The van der Waals surface area contributed by atoms with Gasteiger partial charge in [-0.25, -0.2) is 0 Å². The molecule has 0 fully saturated rings. The summed E-state index contributed by atoms with van der Waals surface area (Å²) in [5.74, 6) is 1.65. The van der Waals surface area contributed by atoms with Crippen molar-refractivity contribution in [1.82, 2.24) is 5.32 Å². The van der Waals surface area contributed by atoms with Crippen LogP contribution in [0.15, 0.2) is 23.1 Å². The Labute approximate surface area is 103 Å². The topological polar surface area (TPSA) is 21.3 Å². The zero-order valence-corrected chi connectivity index (χ0v) is 11.4. The molecule has 1 aromatic carbocycles. The maximum atomic E-state index is 5.29. The van der Waals surface area contributed by atoms with Crippen LogP contribution >= 0.6 is 11.8 Å². The van der Waals surface area contributed by atoms with Gasteiger partial charge in [0.2, 0.25) is 0 Å². The minimum absolute atomic E-state index is 0.693. The fraction of sp³-hybridized carbons (Fsp3) is 0.538. The highest BCUT2D eigenvalue weighted by Crippen LogP contribution is 2.28. The van der Waals surface area contributed by atoms with Crippen molar-refractivity contribution in [3.8, 4) is 5.75 Å². The molecule has 1 N–H and O–H groups in total. The van der Waals surface area contributed by atoms with Crippen molar-refractivity contribution in [2.75, 3.05) is 19.9 Å². The highest BCUT2D eigenvalue weighted by atomic mass is 32.2. The molecule has 0 aliphatic heterocycles. The number of hydrogen-bond donors (Lipinski definition) is 1. The standard InChI is InChI=1S/C13H21NOS/c1-10(2)8-14-9-11-5-6-12(15-3)13(7-11)16-4/h5-7,10,14H,8-9H2,1-4H3. The summed E-state index contributed by atoms with van der Waals surface area (Å²) in [6, 6.07) is 6.35. The quantitative estimate of drug-likeness (QED) is 0.771. The minimum Gasteiger partial charge on any atom is -0.496 e. The molecule has 2 nitrogen and oxygen atoms in total. The zero-order valence-electron chi connectivity index (χ0n) is 10.5. The predicted molar refractivity (Wildman–Crippen MR) is 71.3 cm³/mol. The van der Waals surface area contributed by atoms with E-state index in [1.54, 1.807) is 18.9 Å². The Morgan fingerprint density at radius 3 is 2.69 bits per heavy atom. The predicted octanol–water partition coefficient (Wildman–Crippen LogP) is 3.16. The van der Waals surface area contributed by atoms with Crippen molar-refractivity contribution in [1.29, 1.82) is 0 Å². The van der Waals surface area contributed by atoms with Gasteiger partial charge in [-0.15, -0.1) is 11.8 Å². The third-order valence-electron chi connectivity index (χ3n) is 2.33. The highest BCUT2D eigenvalue weighted by Gasteiger charge is 2.03. The van der Waals surface area contributed by atoms with Crippen LogP contribution in [0.1, 0.15) is 19.4 Å². The van der Waals surface area contributed by atoms with E-state index in [1.807, 2.05) is 6.07 Å². The van der Waals surface area contributed by atoms with Crippen LogP contribution in [0, 0.1) is 5.92 Å². The average Bonchev–Trinajstić information content (AvgIpc) is 2.28. The SMILES string of the molecule is COc1ccc(CNCC(C)C)cc1SC. The van der Waals surface area contributed by atoms with Gasteiger partial charge in [-0.1, -0.05) is 19.9 Å². The highest BCUT2D eigenvalue weighted by molar-refractivity contribution is 7.98. The molecule has 16 heavy (non-hydrogen) atoms. The van der Waals surface area contributed by atoms with E-state index < -0.39 is 0 Å². The molecule has 0 radical (unpaired) electrons. The summed E-state index contributed by atoms with van der Waals surface area (Å²) in [5.41, 5.74) is 1.31. The summed E-state index contributed by atoms with van der Waals surface area (Å²) in [4.78, 5) is 1.20. The largest absolute Gasteiger partial charge is 0.496 e. The second kappa shape index (κ2) is 6.81. The Bertz CT molecular complexity index is 326. The molecule has 0 aromatic heterocycles. The summed E-state index contributed by atoms with van der Waals surface area (Å²) < 4.78 is 5.29. The number of rotatable bonds is 6. The van der Waals surface area contributed by atoms with Gasteiger partial charge in [0, 0.05) is 11.4 Å². The van der Waals surface area contributed by atoms with Gasteiger partial charge in [-0.3, -0.25) is 0 Å². The van der Waals surface area contributed by atoms with Gasteiger partial charge >= 0.3 is 0 Å². The van der Waals surface area contributed by atoms with Gasteiger partial charge in [0.05, 0.1) is 7.11 Å². The average molecular weight is 239 g/mol. The lowest BCUT2D eigenvalue weighted by Gasteiger charge is -2.10. The van der Waals surface area contributed by atoms with E-state index in [0.29, 0.717) is 5.92 Å². The van der Waals surface area contributed by atoms with E-state index in [9.17, 15) is 0 Å². The molecule has 0 bridgehead atoms. The van der Waals surface area contributed by atoms with Gasteiger partial charge in [0.15, 0.2) is 0 Å². The maximum absolute atomic E-state index is 5.29. The van der Waals surface area contributed by atoms with E-state index in [4.69, 9.17) is 4.74 Å². The van der Waals surface area contributed by atoms with E-state index in [0.717, 1.165) is 18.8 Å². The lowest BCUT2D eigenvalue weighted by atomic mass is 10.2. The fourth-order valence-electron chi connectivity index (χ4n) is 1.50. The second-order valence-corrected chi connectivity index (χ2v) is 5.06. The van der Waals surface area contributed by atoms with Crippen molar-refractivity contribution in [2.45, 2.75) is 25.3 Å². The van der Waals surface area contributed by atoms with Crippen LogP contribution in [-0.2, 0) is 6.54 Å². The molecule has 0 unspecified atom stereocenters. The molecule has 1 aromatic rings. The molecule has 0 saturated heterocycles. The van der Waals surface area contributed by atoms with Crippen LogP contribution in [0.5, 0.6) is 5.75 Å². The number of methoxy groups -OCH3 is 1. The number of ether oxygens (including phenoxy) is 1. The van der Waals surface area contributed by atoms with Crippen LogP contribution in [-0.4, -0.2) is 19.9 Å². The Kier molecular flexibility index (Phi) is 5.71. The van der Waals surface area contributed by atoms with E-state index in [2.05, 4.69) is 37.6 Å². The number of hydrogen-bond acceptors (Lipinski definition) is 3. The first-order valence-electron chi connectivity index (χ1n) is 5.59. The van der Waals surface area contributed by atoms with Crippen molar-refractivity contribution in [2.24, 2.45) is 5.92 Å². The van der Waals surface area contributed by atoms with Crippen LogP contribution < -0.4 is 10.1 Å². The first-order chi connectivity index (χ1) is 7.67.